The zero-order valence-electron chi connectivity index (χ0n) is 15.4. The predicted octanol–water partition coefficient (Wildman–Crippen LogP) is 3.30. The van der Waals surface area contributed by atoms with Crippen molar-refractivity contribution in [1.82, 2.24) is 4.31 Å². The molecule has 0 unspecified atom stereocenters. The lowest BCUT2D eigenvalue weighted by Crippen LogP contribution is -2.35. The molecular weight excluding hydrogens is 364 g/mol. The van der Waals surface area contributed by atoms with Crippen LogP contribution in [0.1, 0.15) is 30.0 Å². The summed E-state index contributed by atoms with van der Waals surface area (Å²) in [6.45, 7) is 0.145. The minimum atomic E-state index is -3.81. The minimum Gasteiger partial charge on any atom is -0.493 e. The Morgan fingerprint density at radius 1 is 1.15 bits per heavy atom. The number of rotatable bonds is 7. The second kappa shape index (κ2) is 7.99. The van der Waals surface area contributed by atoms with Gasteiger partial charge in [-0.25, -0.2) is 8.42 Å². The summed E-state index contributed by atoms with van der Waals surface area (Å²) in [5.74, 6) is 0.817. The number of sulfonamides is 1. The first kappa shape index (κ1) is 19.2. The summed E-state index contributed by atoms with van der Waals surface area (Å²) in [6.07, 6.45) is 1.66. The fourth-order valence-electron chi connectivity index (χ4n) is 3.55. The molecule has 0 heterocycles. The summed E-state index contributed by atoms with van der Waals surface area (Å²) in [5.41, 5.74) is 2.17. The average Bonchev–Trinajstić information content (AvgIpc) is 3.11. The molecule has 27 heavy (non-hydrogen) atoms. The Morgan fingerprint density at radius 3 is 2.59 bits per heavy atom. The molecular formula is C20H22N2O4S. The Balaban J connectivity index is 2.04. The van der Waals surface area contributed by atoms with Gasteiger partial charge in [-0.2, -0.15) is 9.57 Å². The van der Waals surface area contributed by atoms with Crippen molar-refractivity contribution in [3.05, 3.63) is 53.6 Å². The van der Waals surface area contributed by atoms with Gasteiger partial charge in [-0.05, 0) is 36.1 Å². The largest absolute Gasteiger partial charge is 0.493 e. The highest BCUT2D eigenvalue weighted by Gasteiger charge is 2.36. The van der Waals surface area contributed by atoms with Crippen LogP contribution in [0.5, 0.6) is 11.5 Å². The Labute approximate surface area is 160 Å². The highest BCUT2D eigenvalue weighted by Crippen LogP contribution is 2.39. The predicted molar refractivity (Wildman–Crippen MR) is 101 cm³/mol. The molecule has 0 N–H and O–H groups in total. The van der Waals surface area contributed by atoms with Crippen molar-refractivity contribution in [2.24, 2.45) is 0 Å². The van der Waals surface area contributed by atoms with Crippen LogP contribution in [0.25, 0.3) is 0 Å². The number of fused-ring (bicyclic) bond motifs is 1. The maximum absolute atomic E-state index is 13.4. The molecule has 142 valence electrons. The minimum absolute atomic E-state index is 0.127. The lowest BCUT2D eigenvalue weighted by Gasteiger charge is -2.28. The van der Waals surface area contributed by atoms with Crippen molar-refractivity contribution in [2.45, 2.75) is 30.2 Å². The molecule has 0 aliphatic heterocycles. The van der Waals surface area contributed by atoms with E-state index in [0.717, 1.165) is 17.5 Å². The monoisotopic (exact) mass is 386 g/mol. The van der Waals surface area contributed by atoms with E-state index in [1.54, 1.807) is 6.07 Å². The Kier molecular flexibility index (Phi) is 5.68. The van der Waals surface area contributed by atoms with Crippen LogP contribution in [-0.4, -0.2) is 33.5 Å². The Morgan fingerprint density at radius 2 is 1.89 bits per heavy atom. The number of ether oxygens (including phenoxy) is 2. The van der Waals surface area contributed by atoms with Crippen LogP contribution < -0.4 is 9.47 Å². The van der Waals surface area contributed by atoms with E-state index in [-0.39, 0.29) is 23.9 Å². The van der Waals surface area contributed by atoms with E-state index >= 15 is 0 Å². The highest BCUT2D eigenvalue weighted by molar-refractivity contribution is 7.89. The third-order valence-corrected chi connectivity index (χ3v) is 6.76. The molecule has 2 aromatic carbocycles. The van der Waals surface area contributed by atoms with Gasteiger partial charge in [0.1, 0.15) is 0 Å². The van der Waals surface area contributed by atoms with Gasteiger partial charge in [0.25, 0.3) is 0 Å². The van der Waals surface area contributed by atoms with E-state index in [4.69, 9.17) is 14.7 Å². The molecule has 0 aromatic heterocycles. The van der Waals surface area contributed by atoms with Gasteiger partial charge in [0.15, 0.2) is 11.5 Å². The molecule has 0 bridgehead atoms. The fourth-order valence-corrected chi connectivity index (χ4v) is 5.20. The number of hydrogen-bond donors (Lipinski definition) is 0. The van der Waals surface area contributed by atoms with Gasteiger partial charge in [0.2, 0.25) is 10.0 Å². The van der Waals surface area contributed by atoms with Gasteiger partial charge in [-0.3, -0.25) is 0 Å². The van der Waals surface area contributed by atoms with E-state index in [1.165, 1.54) is 30.7 Å². The van der Waals surface area contributed by atoms with Crippen molar-refractivity contribution in [3.8, 4) is 17.6 Å². The molecule has 7 heteroatoms. The van der Waals surface area contributed by atoms with E-state index in [9.17, 15) is 8.42 Å². The third kappa shape index (κ3) is 3.64. The summed E-state index contributed by atoms with van der Waals surface area (Å²) in [5, 5.41) is 9.03. The quantitative estimate of drug-likeness (QED) is 0.729. The summed E-state index contributed by atoms with van der Waals surface area (Å²) < 4.78 is 38.7. The molecule has 0 amide bonds. The van der Waals surface area contributed by atoms with Crippen molar-refractivity contribution in [3.63, 3.8) is 0 Å². The van der Waals surface area contributed by atoms with Crippen LogP contribution in [0.2, 0.25) is 0 Å². The van der Waals surface area contributed by atoms with E-state index in [1.807, 2.05) is 24.3 Å². The van der Waals surface area contributed by atoms with Crippen LogP contribution in [0, 0.1) is 11.3 Å². The van der Waals surface area contributed by atoms with Crippen LogP contribution in [0.3, 0.4) is 0 Å². The molecule has 1 atom stereocenters. The van der Waals surface area contributed by atoms with E-state index < -0.39 is 10.0 Å². The van der Waals surface area contributed by atoms with Gasteiger partial charge >= 0.3 is 0 Å². The molecule has 2 aromatic rings. The van der Waals surface area contributed by atoms with Crippen molar-refractivity contribution >= 4 is 10.0 Å². The first-order valence-electron chi connectivity index (χ1n) is 8.71. The van der Waals surface area contributed by atoms with Crippen molar-refractivity contribution in [1.29, 1.82) is 5.26 Å². The Bertz CT molecular complexity index is 966. The van der Waals surface area contributed by atoms with E-state index in [0.29, 0.717) is 17.9 Å². The lowest BCUT2D eigenvalue weighted by atomic mass is 10.1. The number of aryl methyl sites for hydroxylation is 1. The van der Waals surface area contributed by atoms with Gasteiger partial charge < -0.3 is 9.47 Å². The lowest BCUT2D eigenvalue weighted by molar-refractivity contribution is 0.327. The topological polar surface area (TPSA) is 79.6 Å². The molecule has 0 fully saturated rings. The Hall–Kier alpha value is -2.56. The van der Waals surface area contributed by atoms with Gasteiger partial charge in [-0.1, -0.05) is 24.3 Å². The summed E-state index contributed by atoms with van der Waals surface area (Å²) in [6, 6.07) is 14.2. The average molecular weight is 386 g/mol. The van der Waals surface area contributed by atoms with Crippen LogP contribution in [0.15, 0.2) is 47.4 Å². The number of nitrogens with zero attached hydrogens (tertiary/aromatic N) is 2. The number of benzene rings is 2. The standard InChI is InChI=1S/C20H22N2O4S/c1-25-19-11-9-16(14-20(19)26-2)27(23,24)22(13-5-12-21)18-10-8-15-6-3-4-7-17(15)18/h3-4,6-7,9,11,14,18H,5,8,10,13H2,1-2H3/t18-/m0/s1. The molecule has 0 saturated heterocycles. The van der Waals surface area contributed by atoms with Crippen LogP contribution in [-0.2, 0) is 16.4 Å². The molecule has 0 saturated carbocycles. The smallest absolute Gasteiger partial charge is 0.243 e. The number of hydrogen-bond acceptors (Lipinski definition) is 5. The van der Waals surface area contributed by atoms with Crippen molar-refractivity contribution in [2.75, 3.05) is 20.8 Å². The number of methoxy groups -OCH3 is 2. The molecule has 1 aliphatic carbocycles. The SMILES string of the molecule is COc1ccc(S(=O)(=O)N(CCC#N)[C@H]2CCc3ccccc32)cc1OC. The maximum atomic E-state index is 13.4. The zero-order valence-corrected chi connectivity index (χ0v) is 16.2. The van der Waals surface area contributed by atoms with Gasteiger partial charge in [-0.15, -0.1) is 0 Å². The van der Waals surface area contributed by atoms with Gasteiger partial charge in [0.05, 0.1) is 31.2 Å². The normalized spacial score (nSPS) is 16.0. The first-order valence-corrected chi connectivity index (χ1v) is 10.2. The van der Waals surface area contributed by atoms with Crippen molar-refractivity contribution < 1.29 is 17.9 Å². The molecule has 6 nitrogen and oxygen atoms in total. The van der Waals surface area contributed by atoms with E-state index in [2.05, 4.69) is 6.07 Å². The summed E-state index contributed by atoms with van der Waals surface area (Å²) in [4.78, 5) is 0.127. The zero-order chi connectivity index (χ0) is 19.4. The molecule has 1 aliphatic rings. The molecule has 0 spiro atoms. The van der Waals surface area contributed by atoms with Gasteiger partial charge in [0, 0.05) is 19.0 Å². The number of nitriles is 1. The van der Waals surface area contributed by atoms with Crippen LogP contribution in [0.4, 0.5) is 0 Å². The maximum Gasteiger partial charge on any atom is 0.243 e. The second-order valence-corrected chi connectivity index (χ2v) is 8.18. The highest BCUT2D eigenvalue weighted by atomic mass is 32.2. The third-order valence-electron chi connectivity index (χ3n) is 4.85. The second-order valence-electron chi connectivity index (χ2n) is 6.29. The first-order chi connectivity index (χ1) is 13.0. The summed E-state index contributed by atoms with van der Waals surface area (Å²) >= 11 is 0. The van der Waals surface area contributed by atoms with Crippen LogP contribution >= 0.6 is 0 Å². The molecule has 0 radical (unpaired) electrons. The fraction of sp³-hybridized carbons (Fsp3) is 0.350. The molecule has 3 rings (SSSR count). The summed E-state index contributed by atoms with van der Waals surface area (Å²) in [7, 11) is -0.842.